The average molecular weight is 246 g/mol. The summed E-state index contributed by atoms with van der Waals surface area (Å²) >= 11 is 0. The topological polar surface area (TPSA) is 26.3 Å². The highest BCUT2D eigenvalue weighted by Gasteiger charge is 1.94. The van der Waals surface area contributed by atoms with Gasteiger partial charge in [0, 0.05) is 6.42 Å². The lowest BCUT2D eigenvalue weighted by Gasteiger charge is -1.91. The lowest BCUT2D eigenvalue weighted by molar-refractivity contribution is -0.140. The molecular weight excluding hydrogens is 228 g/mol. The van der Waals surface area contributed by atoms with Crippen LogP contribution in [0, 0.1) is 35.1 Å². The summed E-state index contributed by atoms with van der Waals surface area (Å²) in [7, 11) is 0.619. The molecule has 0 fully saturated rings. The van der Waals surface area contributed by atoms with Gasteiger partial charge in [0.1, 0.15) is 8.80 Å². The van der Waals surface area contributed by atoms with Gasteiger partial charge in [0.15, 0.2) is 0 Å². The molecule has 3 heteroatoms. The molecule has 0 rings (SSSR count). The molecule has 0 heterocycles. The van der Waals surface area contributed by atoms with Crippen LogP contribution in [0.2, 0.25) is 13.1 Å². The maximum atomic E-state index is 10.7. The molecule has 0 radical (unpaired) electrons. The second-order valence-corrected chi connectivity index (χ2v) is 6.21. The van der Waals surface area contributed by atoms with Gasteiger partial charge < -0.3 is 4.74 Å². The van der Waals surface area contributed by atoms with E-state index in [1.54, 1.807) is 0 Å². The van der Waals surface area contributed by atoms with E-state index in [4.69, 9.17) is 0 Å². The molecule has 0 aromatic heterocycles. The highest BCUT2D eigenvalue weighted by molar-refractivity contribution is 6.64. The van der Waals surface area contributed by atoms with E-state index in [1.807, 2.05) is 0 Å². The van der Waals surface area contributed by atoms with Crippen molar-refractivity contribution in [3.05, 3.63) is 0 Å². The molecule has 0 N–H and O–H groups in total. The minimum Gasteiger partial charge on any atom is -0.469 e. The number of carbonyl (C=O) groups excluding carboxylic acids is 1. The van der Waals surface area contributed by atoms with Gasteiger partial charge in [-0.3, -0.25) is 4.79 Å². The fourth-order valence-electron chi connectivity index (χ4n) is 0.886. The van der Waals surface area contributed by atoms with Crippen LogP contribution < -0.4 is 0 Å². The lowest BCUT2D eigenvalue weighted by Crippen LogP contribution is -1.98. The summed E-state index contributed by atoms with van der Waals surface area (Å²) < 4.78 is 4.49. The highest BCUT2D eigenvalue weighted by Crippen LogP contribution is 1.89. The third kappa shape index (κ3) is 12.3. The Balaban J connectivity index is 3.64. The Hall–Kier alpha value is -1.63. The van der Waals surface area contributed by atoms with Crippen molar-refractivity contribution < 1.29 is 9.53 Å². The number of ether oxygens (including phenoxy) is 1. The number of esters is 1. The molecule has 0 bridgehead atoms. The monoisotopic (exact) mass is 246 g/mol. The summed E-state index contributed by atoms with van der Waals surface area (Å²) in [4.78, 5) is 10.7. The molecule has 0 unspecified atom stereocenters. The van der Waals surface area contributed by atoms with Gasteiger partial charge >= 0.3 is 5.97 Å². The molecular formula is C14H18O2Si. The Labute approximate surface area is 106 Å². The lowest BCUT2D eigenvalue weighted by atomic mass is 10.3. The zero-order valence-electron chi connectivity index (χ0n) is 10.7. The standard InChI is InChI=1S/C14H18O2Si/c1-16-14(15)12-10-8-6-4-5-7-9-11-13-17(2)3/h17H,4,9-10,12H2,1-3H3. The van der Waals surface area contributed by atoms with E-state index in [0.29, 0.717) is 25.7 Å². The number of methoxy groups -OCH3 is 1. The van der Waals surface area contributed by atoms with Gasteiger partial charge in [-0.1, -0.05) is 36.8 Å². The van der Waals surface area contributed by atoms with Gasteiger partial charge in [-0.05, 0) is 0 Å². The molecule has 0 saturated carbocycles. The van der Waals surface area contributed by atoms with Crippen LogP contribution >= 0.6 is 0 Å². The van der Waals surface area contributed by atoms with Gasteiger partial charge in [0.25, 0.3) is 0 Å². The Morgan fingerprint density at radius 3 is 2.24 bits per heavy atom. The van der Waals surface area contributed by atoms with Crippen LogP contribution in [0.4, 0.5) is 0 Å². The fourth-order valence-corrected chi connectivity index (χ4v) is 1.40. The van der Waals surface area contributed by atoms with Crippen molar-refractivity contribution in [1.82, 2.24) is 0 Å². The van der Waals surface area contributed by atoms with Crippen LogP contribution in [0.15, 0.2) is 0 Å². The van der Waals surface area contributed by atoms with Crippen molar-refractivity contribution in [1.29, 1.82) is 0 Å². The van der Waals surface area contributed by atoms with Crippen molar-refractivity contribution in [2.45, 2.75) is 38.8 Å². The van der Waals surface area contributed by atoms with Gasteiger partial charge in [-0.25, -0.2) is 0 Å². The predicted molar refractivity (Wildman–Crippen MR) is 72.7 cm³/mol. The van der Waals surface area contributed by atoms with Crippen molar-refractivity contribution >= 4 is 14.8 Å². The summed E-state index contributed by atoms with van der Waals surface area (Å²) in [5.74, 6) is 14.5. The van der Waals surface area contributed by atoms with Gasteiger partial charge in [0.2, 0.25) is 0 Å². The average Bonchev–Trinajstić information content (AvgIpc) is 2.30. The quantitative estimate of drug-likeness (QED) is 0.421. The molecule has 0 atom stereocenters. The molecule has 17 heavy (non-hydrogen) atoms. The molecule has 0 spiro atoms. The van der Waals surface area contributed by atoms with Gasteiger partial charge in [0.05, 0.1) is 26.4 Å². The predicted octanol–water partition coefficient (Wildman–Crippen LogP) is 1.76. The zero-order valence-corrected chi connectivity index (χ0v) is 11.9. The molecule has 0 aromatic carbocycles. The Bertz CT molecular complexity index is 405. The molecule has 0 amide bonds. The molecule has 2 nitrogen and oxygen atoms in total. The van der Waals surface area contributed by atoms with E-state index in [9.17, 15) is 4.79 Å². The third-order valence-corrected chi connectivity index (χ3v) is 2.46. The smallest absolute Gasteiger partial charge is 0.306 e. The first-order valence-corrected chi connectivity index (χ1v) is 8.52. The number of carbonyl (C=O) groups is 1. The summed E-state index contributed by atoms with van der Waals surface area (Å²) in [5.41, 5.74) is 3.17. The van der Waals surface area contributed by atoms with Crippen molar-refractivity contribution in [3.8, 4) is 35.1 Å². The zero-order chi connectivity index (χ0) is 12.9. The molecule has 0 aliphatic rings. The van der Waals surface area contributed by atoms with E-state index < -0.39 is 8.80 Å². The fraction of sp³-hybridized carbons (Fsp3) is 0.500. The molecule has 0 aliphatic carbocycles. The summed E-state index contributed by atoms with van der Waals surface area (Å²) in [6.45, 7) is 4.38. The molecule has 0 aromatic rings. The second kappa shape index (κ2) is 10.9. The van der Waals surface area contributed by atoms with Gasteiger partial charge in [-0.2, -0.15) is 0 Å². The SMILES string of the molecule is COC(=O)CCC#CCC#CCC#C[SiH](C)C. The molecule has 90 valence electrons. The summed E-state index contributed by atoms with van der Waals surface area (Å²) in [6.07, 6.45) is 2.06. The maximum absolute atomic E-state index is 10.7. The molecule has 0 aliphatic heterocycles. The van der Waals surface area contributed by atoms with Crippen molar-refractivity contribution in [2.75, 3.05) is 7.11 Å². The Morgan fingerprint density at radius 1 is 1.06 bits per heavy atom. The number of rotatable bonds is 2. The van der Waals surface area contributed by atoms with Crippen LogP contribution in [-0.4, -0.2) is 21.9 Å². The van der Waals surface area contributed by atoms with Crippen LogP contribution in [0.3, 0.4) is 0 Å². The first-order valence-electron chi connectivity index (χ1n) is 5.63. The van der Waals surface area contributed by atoms with Gasteiger partial charge in [-0.15, -0.1) is 11.5 Å². The second-order valence-electron chi connectivity index (χ2n) is 3.61. The van der Waals surface area contributed by atoms with Crippen molar-refractivity contribution in [2.24, 2.45) is 0 Å². The van der Waals surface area contributed by atoms with Crippen LogP contribution in [0.1, 0.15) is 25.7 Å². The minimum absolute atomic E-state index is 0.224. The third-order valence-electron chi connectivity index (χ3n) is 1.68. The first kappa shape index (κ1) is 15.4. The number of hydrogen-bond acceptors (Lipinski definition) is 2. The minimum atomic E-state index is -0.759. The van der Waals surface area contributed by atoms with Crippen LogP contribution in [-0.2, 0) is 9.53 Å². The summed E-state index contributed by atoms with van der Waals surface area (Å²) in [5, 5.41) is 0. The van der Waals surface area contributed by atoms with E-state index >= 15 is 0 Å². The van der Waals surface area contributed by atoms with E-state index in [-0.39, 0.29) is 5.97 Å². The normalized spacial score (nSPS) is 8.00. The van der Waals surface area contributed by atoms with Crippen LogP contribution in [0.5, 0.6) is 0 Å². The highest BCUT2D eigenvalue weighted by atomic mass is 28.3. The Kier molecular flexibility index (Phi) is 9.83. The van der Waals surface area contributed by atoms with Crippen molar-refractivity contribution in [3.63, 3.8) is 0 Å². The van der Waals surface area contributed by atoms with E-state index in [2.05, 4.69) is 53.0 Å². The van der Waals surface area contributed by atoms with Crippen LogP contribution in [0.25, 0.3) is 0 Å². The largest absolute Gasteiger partial charge is 0.469 e. The maximum Gasteiger partial charge on any atom is 0.306 e. The summed E-state index contributed by atoms with van der Waals surface area (Å²) in [6, 6.07) is 0. The van der Waals surface area contributed by atoms with E-state index in [0.717, 1.165) is 0 Å². The molecule has 0 saturated heterocycles. The Morgan fingerprint density at radius 2 is 1.65 bits per heavy atom. The number of hydrogen-bond donors (Lipinski definition) is 0. The first-order chi connectivity index (χ1) is 8.16. The van der Waals surface area contributed by atoms with E-state index in [1.165, 1.54) is 7.11 Å².